The average molecular weight is 220 g/mol. The smallest absolute Gasteiger partial charge is 0.186 e. The summed E-state index contributed by atoms with van der Waals surface area (Å²) in [5.41, 5.74) is 6.26. The van der Waals surface area contributed by atoms with Gasteiger partial charge >= 0.3 is 0 Å². The second-order valence-corrected chi connectivity index (χ2v) is 3.13. The molecule has 2 aromatic rings. The van der Waals surface area contributed by atoms with Gasteiger partial charge in [0.15, 0.2) is 11.6 Å². The highest BCUT2D eigenvalue weighted by Crippen LogP contribution is 2.17. The molecule has 7 heteroatoms. The van der Waals surface area contributed by atoms with Crippen LogP contribution in [0, 0.1) is 0 Å². The largest absolute Gasteiger partial charge is 0.383 e. The van der Waals surface area contributed by atoms with Gasteiger partial charge in [-0.3, -0.25) is 0 Å². The van der Waals surface area contributed by atoms with Gasteiger partial charge in [-0.05, 0) is 0 Å². The maximum Gasteiger partial charge on any atom is 0.186 e. The van der Waals surface area contributed by atoms with Gasteiger partial charge in [0.25, 0.3) is 0 Å². The fraction of sp³-hybridized carbons (Fsp3) is 0.333. The predicted octanol–water partition coefficient (Wildman–Crippen LogP) is -0.0363. The number of rotatable bonds is 4. The molecular weight excluding hydrogens is 208 g/mol. The molecule has 16 heavy (non-hydrogen) atoms. The summed E-state index contributed by atoms with van der Waals surface area (Å²) >= 11 is 0. The summed E-state index contributed by atoms with van der Waals surface area (Å²) in [5, 5.41) is 7.80. The molecule has 0 fully saturated rings. The number of hydrogen-bond donors (Lipinski definition) is 1. The Hall–Kier alpha value is -2.02. The predicted molar refractivity (Wildman–Crippen MR) is 57.3 cm³/mol. The standard InChI is InChI=1S/C9H12N6O/c1-16-5-4-15-6-13-14-9(15)7-8(10)12-3-2-11-7/h2-3,6H,4-5H2,1H3,(H2,10,12). The van der Waals surface area contributed by atoms with E-state index in [9.17, 15) is 0 Å². The Morgan fingerprint density at radius 1 is 1.38 bits per heavy atom. The highest BCUT2D eigenvalue weighted by atomic mass is 16.5. The van der Waals surface area contributed by atoms with E-state index in [1.165, 1.54) is 6.20 Å². The van der Waals surface area contributed by atoms with Gasteiger partial charge in [0.05, 0.1) is 6.61 Å². The fourth-order valence-corrected chi connectivity index (χ4v) is 1.31. The molecule has 0 aliphatic carbocycles. The lowest BCUT2D eigenvalue weighted by atomic mass is 10.4. The Balaban J connectivity index is 2.33. The molecule has 2 heterocycles. The van der Waals surface area contributed by atoms with Crippen molar-refractivity contribution in [3.63, 3.8) is 0 Å². The maximum absolute atomic E-state index is 5.72. The van der Waals surface area contributed by atoms with Crippen molar-refractivity contribution in [3.8, 4) is 11.5 Å². The van der Waals surface area contributed by atoms with Crippen LogP contribution in [0.2, 0.25) is 0 Å². The van der Waals surface area contributed by atoms with Crippen LogP contribution in [-0.2, 0) is 11.3 Å². The fourth-order valence-electron chi connectivity index (χ4n) is 1.31. The Morgan fingerprint density at radius 2 is 2.19 bits per heavy atom. The van der Waals surface area contributed by atoms with Gasteiger partial charge in [-0.25, -0.2) is 9.97 Å². The third-order valence-corrected chi connectivity index (χ3v) is 2.09. The van der Waals surface area contributed by atoms with Crippen molar-refractivity contribution in [2.24, 2.45) is 0 Å². The molecule has 2 aromatic heterocycles. The number of ether oxygens (including phenoxy) is 1. The Bertz CT molecular complexity index is 469. The van der Waals surface area contributed by atoms with Crippen molar-refractivity contribution in [1.82, 2.24) is 24.7 Å². The quantitative estimate of drug-likeness (QED) is 0.777. The minimum atomic E-state index is 0.342. The second kappa shape index (κ2) is 4.67. The third-order valence-electron chi connectivity index (χ3n) is 2.09. The number of nitrogens with zero attached hydrogens (tertiary/aromatic N) is 5. The van der Waals surface area contributed by atoms with Crippen LogP contribution in [-0.4, -0.2) is 38.4 Å². The van der Waals surface area contributed by atoms with Gasteiger partial charge in [0.2, 0.25) is 0 Å². The van der Waals surface area contributed by atoms with Crippen LogP contribution in [0.4, 0.5) is 5.82 Å². The van der Waals surface area contributed by atoms with Crippen LogP contribution < -0.4 is 5.73 Å². The van der Waals surface area contributed by atoms with Crippen molar-refractivity contribution in [2.45, 2.75) is 6.54 Å². The number of hydrogen-bond acceptors (Lipinski definition) is 6. The summed E-state index contributed by atoms with van der Waals surface area (Å²) in [6.07, 6.45) is 4.72. The van der Waals surface area contributed by atoms with Crippen LogP contribution in [0.15, 0.2) is 18.7 Å². The van der Waals surface area contributed by atoms with E-state index in [4.69, 9.17) is 10.5 Å². The zero-order valence-electron chi connectivity index (χ0n) is 8.87. The molecule has 0 saturated carbocycles. The summed E-state index contributed by atoms with van der Waals surface area (Å²) in [4.78, 5) is 8.10. The number of methoxy groups -OCH3 is 1. The van der Waals surface area contributed by atoms with E-state index in [1.54, 1.807) is 19.6 Å². The van der Waals surface area contributed by atoms with Gasteiger partial charge in [-0.15, -0.1) is 10.2 Å². The van der Waals surface area contributed by atoms with E-state index in [1.807, 2.05) is 4.57 Å². The zero-order chi connectivity index (χ0) is 11.4. The van der Waals surface area contributed by atoms with Gasteiger partial charge in [-0.2, -0.15) is 0 Å². The maximum atomic E-state index is 5.72. The van der Waals surface area contributed by atoms with E-state index in [0.29, 0.717) is 30.5 Å². The molecule has 0 atom stereocenters. The highest BCUT2D eigenvalue weighted by molar-refractivity contribution is 5.62. The van der Waals surface area contributed by atoms with E-state index in [-0.39, 0.29) is 0 Å². The third kappa shape index (κ3) is 1.98. The zero-order valence-corrected chi connectivity index (χ0v) is 8.87. The van der Waals surface area contributed by atoms with Crippen LogP contribution in [0.3, 0.4) is 0 Å². The molecule has 0 spiro atoms. The molecule has 7 nitrogen and oxygen atoms in total. The number of anilines is 1. The second-order valence-electron chi connectivity index (χ2n) is 3.13. The first-order valence-corrected chi connectivity index (χ1v) is 4.76. The summed E-state index contributed by atoms with van der Waals surface area (Å²) < 4.78 is 6.82. The minimum Gasteiger partial charge on any atom is -0.383 e. The van der Waals surface area contributed by atoms with Crippen LogP contribution in [0.25, 0.3) is 11.5 Å². The van der Waals surface area contributed by atoms with Crippen molar-refractivity contribution in [3.05, 3.63) is 18.7 Å². The summed E-state index contributed by atoms with van der Waals surface area (Å²) in [5.74, 6) is 0.941. The average Bonchev–Trinajstić information content (AvgIpc) is 2.75. The van der Waals surface area contributed by atoms with E-state index < -0.39 is 0 Å². The summed E-state index contributed by atoms with van der Waals surface area (Å²) in [7, 11) is 1.64. The Morgan fingerprint density at radius 3 is 2.94 bits per heavy atom. The molecule has 0 aliphatic heterocycles. The SMILES string of the molecule is COCCn1cnnc1-c1nccnc1N. The Labute approximate surface area is 92.3 Å². The lowest BCUT2D eigenvalue weighted by molar-refractivity contribution is 0.187. The van der Waals surface area contributed by atoms with Crippen LogP contribution >= 0.6 is 0 Å². The van der Waals surface area contributed by atoms with Crippen molar-refractivity contribution < 1.29 is 4.74 Å². The Kier molecular flexibility index (Phi) is 3.06. The van der Waals surface area contributed by atoms with Crippen LogP contribution in [0.1, 0.15) is 0 Å². The number of aromatic nitrogens is 5. The molecule has 2 N–H and O–H groups in total. The molecule has 0 aromatic carbocycles. The molecule has 0 radical (unpaired) electrons. The first kappa shape index (κ1) is 10.5. The lowest BCUT2D eigenvalue weighted by Gasteiger charge is -2.05. The first-order chi connectivity index (χ1) is 7.83. The molecule has 0 bridgehead atoms. The monoisotopic (exact) mass is 220 g/mol. The lowest BCUT2D eigenvalue weighted by Crippen LogP contribution is -2.07. The van der Waals surface area contributed by atoms with Gasteiger partial charge in [0.1, 0.15) is 12.0 Å². The first-order valence-electron chi connectivity index (χ1n) is 4.76. The van der Waals surface area contributed by atoms with Crippen molar-refractivity contribution in [1.29, 1.82) is 0 Å². The van der Waals surface area contributed by atoms with Crippen molar-refractivity contribution in [2.75, 3.05) is 19.5 Å². The molecule has 0 saturated heterocycles. The summed E-state index contributed by atoms with van der Waals surface area (Å²) in [6.45, 7) is 1.22. The van der Waals surface area contributed by atoms with E-state index >= 15 is 0 Å². The minimum absolute atomic E-state index is 0.342. The highest BCUT2D eigenvalue weighted by Gasteiger charge is 2.11. The molecule has 0 unspecified atom stereocenters. The molecule has 2 rings (SSSR count). The normalized spacial score (nSPS) is 10.6. The molecule has 0 amide bonds. The van der Waals surface area contributed by atoms with Gasteiger partial charge in [0, 0.05) is 26.0 Å². The number of nitrogens with two attached hydrogens (primary N) is 1. The van der Waals surface area contributed by atoms with E-state index in [0.717, 1.165) is 0 Å². The number of nitrogen functional groups attached to an aromatic ring is 1. The molecular formula is C9H12N6O. The summed E-state index contributed by atoms with van der Waals surface area (Å²) in [6, 6.07) is 0. The molecule has 0 aliphatic rings. The topological polar surface area (TPSA) is 91.7 Å². The van der Waals surface area contributed by atoms with Gasteiger partial charge in [-0.1, -0.05) is 0 Å². The molecule has 84 valence electrons. The van der Waals surface area contributed by atoms with Gasteiger partial charge < -0.3 is 15.0 Å². The van der Waals surface area contributed by atoms with Crippen molar-refractivity contribution >= 4 is 5.82 Å². The van der Waals surface area contributed by atoms with E-state index in [2.05, 4.69) is 20.2 Å². The van der Waals surface area contributed by atoms with Crippen LogP contribution in [0.5, 0.6) is 0 Å².